The molecule has 0 spiro atoms. The molecule has 1 unspecified atom stereocenters. The molecule has 2 aromatic carbocycles. The molecule has 4 heteroatoms. The summed E-state index contributed by atoms with van der Waals surface area (Å²) >= 11 is 0. The van der Waals surface area contributed by atoms with Crippen molar-refractivity contribution in [1.29, 1.82) is 0 Å². The van der Waals surface area contributed by atoms with Gasteiger partial charge >= 0.3 is 0 Å². The molecule has 0 bridgehead atoms. The molecule has 0 fully saturated rings. The van der Waals surface area contributed by atoms with Crippen molar-refractivity contribution < 1.29 is 14.2 Å². The standard InChI is InChI=1S/C17H20FNO2/c1-2-10-21-16-5-3-4-13(11-16)17(12-20)19-15-8-6-14(18)7-9-15/h3-9,11,17,19-20H,2,10,12H2,1H3. The molecule has 0 aromatic heterocycles. The Labute approximate surface area is 124 Å². The van der Waals surface area contributed by atoms with Crippen molar-refractivity contribution >= 4 is 5.69 Å². The normalized spacial score (nSPS) is 12.0. The van der Waals surface area contributed by atoms with Crippen LogP contribution in [0, 0.1) is 5.82 Å². The van der Waals surface area contributed by atoms with Crippen molar-refractivity contribution in [2.45, 2.75) is 19.4 Å². The summed E-state index contributed by atoms with van der Waals surface area (Å²) in [6.07, 6.45) is 0.946. The summed E-state index contributed by atoms with van der Waals surface area (Å²) in [6.45, 7) is 2.66. The molecule has 0 saturated heterocycles. The number of rotatable bonds is 7. The molecule has 112 valence electrons. The summed E-state index contributed by atoms with van der Waals surface area (Å²) in [7, 11) is 0. The van der Waals surface area contributed by atoms with Gasteiger partial charge in [0.2, 0.25) is 0 Å². The smallest absolute Gasteiger partial charge is 0.123 e. The van der Waals surface area contributed by atoms with E-state index in [-0.39, 0.29) is 18.5 Å². The molecule has 2 rings (SSSR count). The Bertz CT molecular complexity index is 557. The Kier molecular flexibility index (Phi) is 5.58. The lowest BCUT2D eigenvalue weighted by Gasteiger charge is -2.19. The van der Waals surface area contributed by atoms with Crippen molar-refractivity contribution in [3.05, 3.63) is 59.9 Å². The van der Waals surface area contributed by atoms with Crippen molar-refractivity contribution in [1.82, 2.24) is 0 Å². The van der Waals surface area contributed by atoms with Gasteiger partial charge in [0.15, 0.2) is 0 Å². The number of aliphatic hydroxyl groups excluding tert-OH is 1. The van der Waals surface area contributed by atoms with Gasteiger partial charge in [-0.1, -0.05) is 19.1 Å². The van der Waals surface area contributed by atoms with E-state index in [0.29, 0.717) is 6.61 Å². The first-order valence-corrected chi connectivity index (χ1v) is 7.08. The van der Waals surface area contributed by atoms with Gasteiger partial charge in [-0.2, -0.15) is 0 Å². The molecule has 0 heterocycles. The minimum Gasteiger partial charge on any atom is -0.494 e. The Balaban J connectivity index is 2.11. The van der Waals surface area contributed by atoms with Crippen LogP contribution in [0.2, 0.25) is 0 Å². The van der Waals surface area contributed by atoms with Crippen LogP contribution in [0.1, 0.15) is 24.9 Å². The highest BCUT2D eigenvalue weighted by molar-refractivity contribution is 5.46. The Morgan fingerprint density at radius 1 is 1.19 bits per heavy atom. The predicted octanol–water partition coefficient (Wildman–Crippen LogP) is 3.76. The molecular formula is C17H20FNO2. The van der Waals surface area contributed by atoms with Crippen LogP contribution in [0.3, 0.4) is 0 Å². The zero-order chi connectivity index (χ0) is 15.1. The quantitative estimate of drug-likeness (QED) is 0.815. The topological polar surface area (TPSA) is 41.5 Å². The fourth-order valence-electron chi connectivity index (χ4n) is 2.02. The second kappa shape index (κ2) is 7.64. The first kappa shape index (κ1) is 15.3. The molecule has 2 N–H and O–H groups in total. The highest BCUT2D eigenvalue weighted by atomic mass is 19.1. The first-order chi connectivity index (χ1) is 10.2. The van der Waals surface area contributed by atoms with E-state index in [0.717, 1.165) is 23.4 Å². The van der Waals surface area contributed by atoms with Crippen molar-refractivity contribution in [3.8, 4) is 5.75 Å². The molecular weight excluding hydrogens is 269 g/mol. The first-order valence-electron chi connectivity index (χ1n) is 7.08. The molecule has 2 aromatic rings. The highest BCUT2D eigenvalue weighted by Gasteiger charge is 2.11. The third kappa shape index (κ3) is 4.46. The molecule has 0 aliphatic carbocycles. The van der Waals surface area contributed by atoms with Gasteiger partial charge in [-0.15, -0.1) is 0 Å². The summed E-state index contributed by atoms with van der Waals surface area (Å²) in [5.74, 6) is 0.504. The van der Waals surface area contributed by atoms with Crippen molar-refractivity contribution in [2.75, 3.05) is 18.5 Å². The zero-order valence-electron chi connectivity index (χ0n) is 12.1. The molecule has 0 saturated carbocycles. The Morgan fingerprint density at radius 3 is 2.62 bits per heavy atom. The second-order valence-corrected chi connectivity index (χ2v) is 4.81. The lowest BCUT2D eigenvalue weighted by molar-refractivity contribution is 0.275. The van der Waals surface area contributed by atoms with E-state index in [2.05, 4.69) is 12.2 Å². The number of benzene rings is 2. The number of hydrogen-bond acceptors (Lipinski definition) is 3. The van der Waals surface area contributed by atoms with E-state index in [1.165, 1.54) is 12.1 Å². The third-order valence-electron chi connectivity index (χ3n) is 3.10. The van der Waals surface area contributed by atoms with Crippen LogP contribution < -0.4 is 10.1 Å². The van der Waals surface area contributed by atoms with E-state index < -0.39 is 0 Å². The van der Waals surface area contributed by atoms with Gasteiger partial charge in [0.05, 0.1) is 19.3 Å². The lowest BCUT2D eigenvalue weighted by atomic mass is 10.1. The summed E-state index contributed by atoms with van der Waals surface area (Å²) in [5.41, 5.74) is 1.69. The van der Waals surface area contributed by atoms with E-state index >= 15 is 0 Å². The Hall–Kier alpha value is -2.07. The average Bonchev–Trinajstić information content (AvgIpc) is 2.52. The maximum atomic E-state index is 12.9. The average molecular weight is 289 g/mol. The van der Waals surface area contributed by atoms with Crippen LogP contribution in [0.15, 0.2) is 48.5 Å². The zero-order valence-corrected chi connectivity index (χ0v) is 12.1. The molecule has 0 amide bonds. The second-order valence-electron chi connectivity index (χ2n) is 4.81. The number of nitrogens with one attached hydrogen (secondary N) is 1. The minimum atomic E-state index is -0.281. The Morgan fingerprint density at radius 2 is 1.95 bits per heavy atom. The maximum absolute atomic E-state index is 12.9. The summed E-state index contributed by atoms with van der Waals surface area (Å²) in [6, 6.07) is 13.4. The minimum absolute atomic E-state index is 0.0609. The number of halogens is 1. The SMILES string of the molecule is CCCOc1cccc(C(CO)Nc2ccc(F)cc2)c1. The van der Waals surface area contributed by atoms with E-state index in [1.54, 1.807) is 12.1 Å². The lowest BCUT2D eigenvalue weighted by Crippen LogP contribution is -2.15. The molecule has 0 aliphatic heterocycles. The van der Waals surface area contributed by atoms with Gasteiger partial charge in [-0.3, -0.25) is 0 Å². The van der Waals surface area contributed by atoms with Gasteiger partial charge in [0.1, 0.15) is 11.6 Å². The molecule has 3 nitrogen and oxygen atoms in total. The van der Waals surface area contributed by atoms with Crippen LogP contribution in [-0.4, -0.2) is 18.3 Å². The predicted molar refractivity (Wildman–Crippen MR) is 82.1 cm³/mol. The van der Waals surface area contributed by atoms with Gasteiger partial charge in [-0.05, 0) is 48.4 Å². The van der Waals surface area contributed by atoms with E-state index in [4.69, 9.17) is 4.74 Å². The summed E-state index contributed by atoms with van der Waals surface area (Å²) in [5, 5.41) is 12.8. The molecule has 21 heavy (non-hydrogen) atoms. The molecule has 0 aliphatic rings. The van der Waals surface area contributed by atoms with Gasteiger partial charge in [0.25, 0.3) is 0 Å². The number of ether oxygens (including phenoxy) is 1. The van der Waals surface area contributed by atoms with Crippen LogP contribution in [0.5, 0.6) is 5.75 Å². The van der Waals surface area contributed by atoms with Gasteiger partial charge in [0, 0.05) is 5.69 Å². The van der Waals surface area contributed by atoms with Crippen molar-refractivity contribution in [3.63, 3.8) is 0 Å². The van der Waals surface area contributed by atoms with Crippen LogP contribution in [0.4, 0.5) is 10.1 Å². The van der Waals surface area contributed by atoms with Crippen LogP contribution in [0.25, 0.3) is 0 Å². The third-order valence-corrected chi connectivity index (χ3v) is 3.10. The largest absolute Gasteiger partial charge is 0.494 e. The number of aliphatic hydroxyl groups is 1. The molecule has 1 atom stereocenters. The number of anilines is 1. The maximum Gasteiger partial charge on any atom is 0.123 e. The summed E-state index contributed by atoms with van der Waals surface area (Å²) in [4.78, 5) is 0. The number of hydrogen-bond donors (Lipinski definition) is 2. The van der Waals surface area contributed by atoms with Crippen molar-refractivity contribution in [2.24, 2.45) is 0 Å². The van der Waals surface area contributed by atoms with Crippen LogP contribution in [-0.2, 0) is 0 Å². The van der Waals surface area contributed by atoms with E-state index in [9.17, 15) is 9.50 Å². The fraction of sp³-hybridized carbons (Fsp3) is 0.294. The van der Waals surface area contributed by atoms with Crippen LogP contribution >= 0.6 is 0 Å². The van der Waals surface area contributed by atoms with E-state index in [1.807, 2.05) is 24.3 Å². The van der Waals surface area contributed by atoms with Gasteiger partial charge in [-0.25, -0.2) is 4.39 Å². The monoisotopic (exact) mass is 289 g/mol. The van der Waals surface area contributed by atoms with Gasteiger partial charge < -0.3 is 15.2 Å². The fourth-order valence-corrected chi connectivity index (χ4v) is 2.02. The summed E-state index contributed by atoms with van der Waals surface area (Å²) < 4.78 is 18.5. The molecule has 0 radical (unpaired) electrons. The highest BCUT2D eigenvalue weighted by Crippen LogP contribution is 2.23.